The normalized spacial score (nSPS) is 20.6. The highest BCUT2D eigenvalue weighted by molar-refractivity contribution is 7.80. The van der Waals surface area contributed by atoms with Crippen molar-refractivity contribution in [1.29, 1.82) is 0 Å². The molecule has 0 saturated heterocycles. The number of hydrogen-bond donors (Lipinski definition) is 1. The molecule has 1 aliphatic heterocycles. The molecule has 3 aromatic rings. The molecule has 2 heterocycles. The molecule has 0 saturated carbocycles. The summed E-state index contributed by atoms with van der Waals surface area (Å²) in [6.45, 7) is 2.04. The predicted molar refractivity (Wildman–Crippen MR) is 129 cm³/mol. The molecule has 0 spiro atoms. The number of imide groups is 1. The van der Waals surface area contributed by atoms with Gasteiger partial charge in [0.05, 0.1) is 16.8 Å². The average Bonchev–Trinajstić information content (AvgIpc) is 3.07. The largest absolute Gasteiger partial charge is 0.289 e. The van der Waals surface area contributed by atoms with Crippen molar-refractivity contribution in [2.24, 2.45) is 5.92 Å². The van der Waals surface area contributed by atoms with Crippen molar-refractivity contribution < 1.29 is 18.4 Å². The summed E-state index contributed by atoms with van der Waals surface area (Å²) in [5.74, 6) is -0.531. The van der Waals surface area contributed by atoms with Gasteiger partial charge in [-0.1, -0.05) is 25.5 Å². The van der Waals surface area contributed by atoms with E-state index in [2.05, 4.69) is 0 Å². The first-order valence-corrected chi connectivity index (χ1v) is 12.6. The van der Waals surface area contributed by atoms with Crippen molar-refractivity contribution >= 4 is 50.2 Å². The zero-order chi connectivity index (χ0) is 23.4. The third-order valence-corrected chi connectivity index (χ3v) is 8.63. The van der Waals surface area contributed by atoms with Crippen LogP contribution in [0.4, 0.5) is 5.69 Å². The summed E-state index contributed by atoms with van der Waals surface area (Å²) in [7, 11) is 1.51. The molecule has 7 nitrogen and oxygen atoms in total. The van der Waals surface area contributed by atoms with E-state index in [0.717, 1.165) is 16.0 Å². The van der Waals surface area contributed by atoms with Crippen LogP contribution in [-0.2, 0) is 24.1 Å². The van der Waals surface area contributed by atoms with E-state index in [1.807, 2.05) is 6.92 Å². The second-order valence-corrected chi connectivity index (χ2v) is 10.6. The molecule has 0 radical (unpaired) electrons. The molecule has 2 amide bonds. The molecule has 3 unspecified atom stereocenters. The van der Waals surface area contributed by atoms with Crippen molar-refractivity contribution in [3.05, 3.63) is 74.3 Å². The van der Waals surface area contributed by atoms with Crippen LogP contribution in [0.3, 0.4) is 0 Å². The summed E-state index contributed by atoms with van der Waals surface area (Å²) >= 11 is -0.654. The Kier molecular flexibility index (Phi) is 5.43. The number of nitrogens with zero attached hydrogens (tertiary/aromatic N) is 2. The molecule has 2 aromatic carbocycles. The number of carbonyl (C=O) groups is 2. The fraction of sp³-hybridized carbons (Fsp3) is 0.292. The molecule has 9 heteroatoms. The van der Waals surface area contributed by atoms with Gasteiger partial charge >= 0.3 is 0 Å². The summed E-state index contributed by atoms with van der Waals surface area (Å²) in [6, 6.07) is 11.6. The second kappa shape index (κ2) is 8.16. The first-order valence-electron chi connectivity index (χ1n) is 10.7. The van der Waals surface area contributed by atoms with E-state index in [4.69, 9.17) is 0 Å². The highest BCUT2D eigenvalue weighted by atomic mass is 32.2. The molecule has 0 bridgehead atoms. The lowest BCUT2D eigenvalue weighted by Crippen LogP contribution is -2.49. The van der Waals surface area contributed by atoms with Crippen molar-refractivity contribution in [3.63, 3.8) is 0 Å². The molecule has 2 aliphatic rings. The minimum absolute atomic E-state index is 0.0450. The van der Waals surface area contributed by atoms with E-state index in [-0.39, 0.29) is 29.2 Å². The number of fused-ring (bicyclic) bond motifs is 3. The van der Waals surface area contributed by atoms with Gasteiger partial charge < -0.3 is 0 Å². The van der Waals surface area contributed by atoms with E-state index >= 15 is 0 Å². The summed E-state index contributed by atoms with van der Waals surface area (Å²) in [5, 5.41) is 0.538. The molecule has 1 N–H and O–H groups in total. The molecule has 1 aromatic heterocycles. The van der Waals surface area contributed by atoms with Gasteiger partial charge in [0.2, 0.25) is 0 Å². The fourth-order valence-electron chi connectivity index (χ4n) is 4.90. The number of anilines is 1. The number of benzene rings is 2. The quantitative estimate of drug-likeness (QED) is 0.453. The lowest BCUT2D eigenvalue weighted by Gasteiger charge is -2.37. The Morgan fingerprint density at radius 3 is 2.36 bits per heavy atom. The maximum absolute atomic E-state index is 13.4. The Morgan fingerprint density at radius 2 is 1.76 bits per heavy atom. The van der Waals surface area contributed by atoms with Gasteiger partial charge in [-0.2, -0.15) is 0 Å². The van der Waals surface area contributed by atoms with E-state index in [1.54, 1.807) is 42.5 Å². The highest BCUT2D eigenvalue weighted by Crippen LogP contribution is 2.38. The Balaban J connectivity index is 1.57. The Morgan fingerprint density at radius 1 is 1.09 bits per heavy atom. The van der Waals surface area contributed by atoms with Crippen LogP contribution in [0.1, 0.15) is 44.5 Å². The molecule has 3 atom stereocenters. The summed E-state index contributed by atoms with van der Waals surface area (Å²) in [6.07, 6.45) is 1.71. The number of rotatable bonds is 4. The van der Waals surface area contributed by atoms with Gasteiger partial charge in [0.25, 0.3) is 23.1 Å². The van der Waals surface area contributed by atoms with Crippen molar-refractivity contribution in [2.45, 2.75) is 32.2 Å². The standard InChI is InChI=1S/C24H22N2O5S2/c1-3-13-10-20-18(12-19(13)26-23(28)15-6-4-5-7-16(15)24(26)29)22(27)17-9-8-14(11-21(17)32-20)25(2)33(30)31/h4-9,11,13,19H,3,10,12H2,1-2H3,(H,30,31). The SMILES string of the molecule is CCC1Cc2sc3cc(N(C)S(=O)O)ccc3c(=O)c2CC1N1C(=O)c2ccccc2C1=O. The summed E-state index contributed by atoms with van der Waals surface area (Å²) in [4.78, 5) is 42.0. The Labute approximate surface area is 197 Å². The first kappa shape index (κ1) is 21.9. The third kappa shape index (κ3) is 3.42. The number of amides is 2. The molecular weight excluding hydrogens is 460 g/mol. The molecule has 33 heavy (non-hydrogen) atoms. The van der Waals surface area contributed by atoms with Crippen molar-refractivity contribution in [1.82, 2.24) is 4.90 Å². The van der Waals surface area contributed by atoms with Crippen molar-refractivity contribution in [3.8, 4) is 0 Å². The monoisotopic (exact) mass is 482 g/mol. The minimum Gasteiger partial charge on any atom is -0.289 e. The van der Waals surface area contributed by atoms with Crippen LogP contribution >= 0.6 is 11.3 Å². The topological polar surface area (TPSA) is 95.0 Å². The summed E-state index contributed by atoms with van der Waals surface area (Å²) < 4.78 is 22.8. The van der Waals surface area contributed by atoms with E-state index in [1.165, 1.54) is 27.6 Å². The van der Waals surface area contributed by atoms with E-state index < -0.39 is 11.3 Å². The minimum atomic E-state index is -2.16. The van der Waals surface area contributed by atoms with Crippen LogP contribution in [0, 0.1) is 5.92 Å². The van der Waals surface area contributed by atoms with Gasteiger partial charge in [-0.25, -0.2) is 4.21 Å². The van der Waals surface area contributed by atoms with Crippen LogP contribution in [0.5, 0.6) is 0 Å². The highest BCUT2D eigenvalue weighted by Gasteiger charge is 2.44. The first-order chi connectivity index (χ1) is 15.8. The van der Waals surface area contributed by atoms with Gasteiger partial charge in [-0.05, 0) is 49.1 Å². The Hall–Kier alpha value is -2.88. The van der Waals surface area contributed by atoms with Gasteiger partial charge in [0.15, 0.2) is 5.43 Å². The fourth-order valence-corrected chi connectivity index (χ4v) is 6.51. The third-order valence-electron chi connectivity index (χ3n) is 6.74. The Bertz CT molecular complexity index is 1360. The van der Waals surface area contributed by atoms with Gasteiger partial charge in [0.1, 0.15) is 0 Å². The molecule has 0 fully saturated rings. The van der Waals surface area contributed by atoms with Gasteiger partial charge in [0, 0.05) is 33.6 Å². The maximum Gasteiger partial charge on any atom is 0.261 e. The predicted octanol–water partition coefficient (Wildman–Crippen LogP) is 3.62. The summed E-state index contributed by atoms with van der Waals surface area (Å²) in [5.41, 5.74) is 1.94. The van der Waals surface area contributed by atoms with Crippen LogP contribution < -0.4 is 9.73 Å². The number of carbonyl (C=O) groups excluding carboxylic acids is 2. The lowest BCUT2D eigenvalue weighted by atomic mass is 9.81. The van der Waals surface area contributed by atoms with Crippen LogP contribution in [0.25, 0.3) is 10.1 Å². The molecule has 170 valence electrons. The number of hydrogen-bond acceptors (Lipinski definition) is 5. The van der Waals surface area contributed by atoms with Crippen LogP contribution in [-0.4, -0.2) is 38.6 Å². The smallest absolute Gasteiger partial charge is 0.261 e. The van der Waals surface area contributed by atoms with Crippen molar-refractivity contribution in [2.75, 3.05) is 11.4 Å². The molecular formula is C24H22N2O5S2. The maximum atomic E-state index is 13.4. The average molecular weight is 483 g/mol. The van der Waals surface area contributed by atoms with Crippen LogP contribution in [0.2, 0.25) is 0 Å². The zero-order valence-electron chi connectivity index (χ0n) is 18.1. The lowest BCUT2D eigenvalue weighted by molar-refractivity contribution is 0.0511. The van der Waals surface area contributed by atoms with E-state index in [9.17, 15) is 23.1 Å². The zero-order valence-corrected chi connectivity index (χ0v) is 19.7. The van der Waals surface area contributed by atoms with Gasteiger partial charge in [-0.3, -0.25) is 28.1 Å². The van der Waals surface area contributed by atoms with E-state index in [0.29, 0.717) is 40.6 Å². The molecule has 5 rings (SSSR count). The van der Waals surface area contributed by atoms with Crippen LogP contribution in [0.15, 0.2) is 47.3 Å². The molecule has 1 aliphatic carbocycles. The van der Waals surface area contributed by atoms with Gasteiger partial charge in [-0.15, -0.1) is 11.3 Å². The second-order valence-electron chi connectivity index (χ2n) is 8.41.